The molecule has 0 aliphatic heterocycles. The van der Waals surface area contributed by atoms with Crippen molar-refractivity contribution in [2.45, 2.75) is 33.4 Å². The van der Waals surface area contributed by atoms with Gasteiger partial charge < -0.3 is 19.5 Å². The van der Waals surface area contributed by atoms with Crippen LogP contribution in [0.2, 0.25) is 0 Å². The van der Waals surface area contributed by atoms with Crippen LogP contribution in [-0.2, 0) is 23.2 Å². The average Bonchev–Trinajstić information content (AvgIpc) is 3.06. The molecule has 0 saturated carbocycles. The second kappa shape index (κ2) is 13.6. The zero-order valence-corrected chi connectivity index (χ0v) is 16.2. The van der Waals surface area contributed by atoms with E-state index in [0.717, 1.165) is 6.54 Å². The minimum Gasteiger partial charge on any atom is -0.351 e. The van der Waals surface area contributed by atoms with Crippen LogP contribution in [0.15, 0.2) is 60.8 Å². The van der Waals surface area contributed by atoms with Crippen LogP contribution in [0.3, 0.4) is 0 Å². The monoisotopic (exact) mass is 354 g/mol. The third-order valence-corrected chi connectivity index (χ3v) is 3.66. The fraction of sp³-hybridized carbons (Fsp3) is 0.273. The smallest absolute Gasteiger partial charge is 0.106 e. The van der Waals surface area contributed by atoms with Gasteiger partial charge in [0.2, 0.25) is 0 Å². The number of aryl methyl sites for hydroxylation is 2. The lowest BCUT2D eigenvalue weighted by molar-refractivity contribution is -0.0987. The molecular formula is C22H30N2O2. The van der Waals surface area contributed by atoms with E-state index >= 15 is 0 Å². The van der Waals surface area contributed by atoms with Crippen molar-refractivity contribution in [3.63, 3.8) is 0 Å². The highest BCUT2D eigenvalue weighted by atomic mass is 16.1. The molecule has 4 heteroatoms. The first-order valence-corrected chi connectivity index (χ1v) is 8.43. The Bertz CT molecular complexity index is 734. The molecule has 0 radical (unpaired) electrons. The molecule has 0 bridgehead atoms. The summed E-state index contributed by atoms with van der Waals surface area (Å²) in [4.78, 5) is 16.0. The predicted octanol–water partition coefficient (Wildman–Crippen LogP) is 4.30. The topological polar surface area (TPSA) is 51.1 Å². The normalized spacial score (nSPS) is 9.27. The van der Waals surface area contributed by atoms with Crippen molar-refractivity contribution < 1.29 is 9.59 Å². The van der Waals surface area contributed by atoms with Crippen molar-refractivity contribution in [3.8, 4) is 0 Å². The van der Waals surface area contributed by atoms with Gasteiger partial charge in [0.1, 0.15) is 13.6 Å². The number of aromatic nitrogens is 1. The molecule has 0 aliphatic rings. The van der Waals surface area contributed by atoms with Gasteiger partial charge in [-0.1, -0.05) is 61.9 Å². The second-order valence-electron chi connectivity index (χ2n) is 5.97. The number of nitrogens with one attached hydrogen (secondary N) is 1. The number of carbonyl (C=O) groups is 2. The lowest BCUT2D eigenvalue weighted by Crippen LogP contribution is -2.21. The molecule has 140 valence electrons. The largest absolute Gasteiger partial charge is 0.351 e. The van der Waals surface area contributed by atoms with Crippen LogP contribution in [0, 0.1) is 6.92 Å². The predicted molar refractivity (Wildman–Crippen MR) is 110 cm³/mol. The molecule has 0 fully saturated rings. The summed E-state index contributed by atoms with van der Waals surface area (Å²) in [5, 5.41) is 4.81. The van der Waals surface area contributed by atoms with Crippen molar-refractivity contribution in [1.29, 1.82) is 0 Å². The van der Waals surface area contributed by atoms with Crippen LogP contribution in [0.25, 0.3) is 10.9 Å². The van der Waals surface area contributed by atoms with E-state index in [1.807, 2.05) is 31.8 Å². The number of rotatable bonds is 3. The molecule has 3 rings (SSSR count). The highest BCUT2D eigenvalue weighted by molar-refractivity contribution is 5.83. The first kappa shape index (κ1) is 23.3. The van der Waals surface area contributed by atoms with Crippen molar-refractivity contribution >= 4 is 24.5 Å². The van der Waals surface area contributed by atoms with Crippen LogP contribution < -0.4 is 5.32 Å². The van der Waals surface area contributed by atoms with Gasteiger partial charge in [-0.15, -0.1) is 0 Å². The van der Waals surface area contributed by atoms with E-state index in [9.17, 15) is 0 Å². The molecule has 1 aromatic heterocycles. The van der Waals surface area contributed by atoms with E-state index in [1.54, 1.807) is 0 Å². The molecule has 4 nitrogen and oxygen atoms in total. The maximum atomic E-state index is 8.00. The molecule has 0 atom stereocenters. The number of hydrogen-bond donors (Lipinski definition) is 1. The molecule has 0 saturated heterocycles. The van der Waals surface area contributed by atoms with Gasteiger partial charge in [0.15, 0.2) is 0 Å². The Morgan fingerprint density at radius 1 is 0.923 bits per heavy atom. The Kier molecular flexibility index (Phi) is 12.1. The Morgan fingerprint density at radius 2 is 1.54 bits per heavy atom. The summed E-state index contributed by atoms with van der Waals surface area (Å²) in [6.07, 6.45) is 2.11. The van der Waals surface area contributed by atoms with Crippen molar-refractivity contribution in [3.05, 3.63) is 71.9 Å². The van der Waals surface area contributed by atoms with Crippen LogP contribution in [0.5, 0.6) is 0 Å². The SMILES string of the molecule is C=O.C=O.CC(C)NCc1cccc2c1ccn2C.Cc1ccccc1. The van der Waals surface area contributed by atoms with E-state index in [0.29, 0.717) is 6.04 Å². The second-order valence-corrected chi connectivity index (χ2v) is 5.97. The standard InChI is InChI=1S/C13H18N2.C7H8.2CH2O/c1-10(2)14-9-11-5-4-6-13-12(11)7-8-15(13)3;1-7-5-3-2-4-6-7;2*1-2/h4-8,10,14H,9H2,1-3H3;2-6H,1H3;2*1H2. The van der Waals surface area contributed by atoms with E-state index < -0.39 is 0 Å². The van der Waals surface area contributed by atoms with Gasteiger partial charge in [-0.25, -0.2) is 0 Å². The number of carbonyl (C=O) groups excluding carboxylic acids is 2. The van der Waals surface area contributed by atoms with E-state index in [-0.39, 0.29) is 0 Å². The van der Waals surface area contributed by atoms with Gasteiger partial charge in [0.05, 0.1) is 0 Å². The van der Waals surface area contributed by atoms with E-state index in [1.165, 1.54) is 22.0 Å². The summed E-state index contributed by atoms with van der Waals surface area (Å²) in [6, 6.07) is 19.5. The van der Waals surface area contributed by atoms with Gasteiger partial charge >= 0.3 is 0 Å². The fourth-order valence-electron chi connectivity index (χ4n) is 2.37. The molecule has 0 aliphatic carbocycles. The highest BCUT2D eigenvalue weighted by Gasteiger charge is 2.03. The molecular weight excluding hydrogens is 324 g/mol. The molecule has 0 unspecified atom stereocenters. The maximum Gasteiger partial charge on any atom is 0.106 e. The van der Waals surface area contributed by atoms with Gasteiger partial charge in [0, 0.05) is 36.7 Å². The summed E-state index contributed by atoms with van der Waals surface area (Å²) in [7, 11) is 2.09. The minimum atomic E-state index is 0.531. The Morgan fingerprint density at radius 3 is 2.04 bits per heavy atom. The summed E-state index contributed by atoms with van der Waals surface area (Å²) < 4.78 is 2.16. The summed E-state index contributed by atoms with van der Waals surface area (Å²) in [5.74, 6) is 0. The Labute approximate surface area is 156 Å². The number of hydrogen-bond acceptors (Lipinski definition) is 3. The van der Waals surface area contributed by atoms with Crippen molar-refractivity contribution in [1.82, 2.24) is 9.88 Å². The van der Waals surface area contributed by atoms with Crippen LogP contribution in [0.4, 0.5) is 0 Å². The lowest BCUT2D eigenvalue weighted by atomic mass is 10.1. The van der Waals surface area contributed by atoms with E-state index in [4.69, 9.17) is 9.59 Å². The van der Waals surface area contributed by atoms with Gasteiger partial charge in [-0.05, 0) is 24.6 Å². The van der Waals surface area contributed by atoms with Gasteiger partial charge in [-0.2, -0.15) is 0 Å². The zero-order chi connectivity index (χ0) is 19.9. The third-order valence-electron chi connectivity index (χ3n) is 3.66. The first-order chi connectivity index (χ1) is 12.6. The minimum absolute atomic E-state index is 0.531. The van der Waals surface area contributed by atoms with Crippen LogP contribution in [0.1, 0.15) is 25.0 Å². The fourth-order valence-corrected chi connectivity index (χ4v) is 2.37. The Hall–Kier alpha value is -2.72. The molecule has 3 aromatic rings. The molecule has 0 amide bonds. The third kappa shape index (κ3) is 7.90. The molecule has 0 spiro atoms. The summed E-state index contributed by atoms with van der Waals surface area (Å²) in [6.45, 7) is 11.4. The lowest BCUT2D eigenvalue weighted by Gasteiger charge is -2.09. The van der Waals surface area contributed by atoms with E-state index in [2.05, 4.69) is 80.3 Å². The molecule has 2 aromatic carbocycles. The van der Waals surface area contributed by atoms with Crippen molar-refractivity contribution in [2.75, 3.05) is 0 Å². The quantitative estimate of drug-likeness (QED) is 0.763. The number of nitrogens with zero attached hydrogens (tertiary/aromatic N) is 1. The molecule has 1 heterocycles. The van der Waals surface area contributed by atoms with Crippen LogP contribution >= 0.6 is 0 Å². The summed E-state index contributed by atoms with van der Waals surface area (Å²) in [5.41, 5.74) is 4.00. The van der Waals surface area contributed by atoms with Gasteiger partial charge in [-0.3, -0.25) is 0 Å². The average molecular weight is 354 g/mol. The molecule has 1 N–H and O–H groups in total. The van der Waals surface area contributed by atoms with Gasteiger partial charge in [0.25, 0.3) is 0 Å². The maximum absolute atomic E-state index is 8.00. The van der Waals surface area contributed by atoms with Crippen LogP contribution in [-0.4, -0.2) is 24.2 Å². The zero-order valence-electron chi connectivity index (χ0n) is 16.2. The first-order valence-electron chi connectivity index (χ1n) is 8.43. The molecule has 26 heavy (non-hydrogen) atoms. The van der Waals surface area contributed by atoms with Crippen molar-refractivity contribution in [2.24, 2.45) is 7.05 Å². The number of benzene rings is 2. The number of fused-ring (bicyclic) bond motifs is 1. The Balaban J connectivity index is 0.000000477. The highest BCUT2D eigenvalue weighted by Crippen LogP contribution is 2.19. The summed E-state index contributed by atoms with van der Waals surface area (Å²) >= 11 is 0.